The van der Waals surface area contributed by atoms with Gasteiger partial charge >= 0.3 is 12.2 Å². The van der Waals surface area contributed by atoms with Crippen LogP contribution in [-0.2, 0) is 16.1 Å². The van der Waals surface area contributed by atoms with E-state index >= 15 is 0 Å². The van der Waals surface area contributed by atoms with Crippen LogP contribution in [0.25, 0.3) is 0 Å². The molecular formula is C15H20N2O4. The Morgan fingerprint density at radius 1 is 1.24 bits per heavy atom. The molecule has 2 atom stereocenters. The van der Waals surface area contributed by atoms with Crippen LogP contribution in [-0.4, -0.2) is 24.3 Å². The molecule has 0 unspecified atom stereocenters. The number of carbonyl (C=O) groups is 2. The highest BCUT2D eigenvalue weighted by Gasteiger charge is 2.07. The number of alkyl carbamates (subject to hydrolysis) is 1. The Morgan fingerprint density at radius 2 is 1.90 bits per heavy atom. The van der Waals surface area contributed by atoms with E-state index in [-0.39, 0.29) is 12.6 Å². The lowest BCUT2D eigenvalue weighted by Crippen LogP contribution is -2.31. The fraction of sp³-hybridized carbons (Fsp3) is 0.333. The van der Waals surface area contributed by atoms with Gasteiger partial charge in [-0.25, -0.2) is 9.59 Å². The summed E-state index contributed by atoms with van der Waals surface area (Å²) in [6, 6.07) is 9.14. The Hall–Kier alpha value is -2.50. The van der Waals surface area contributed by atoms with Crippen molar-refractivity contribution in [3.63, 3.8) is 0 Å². The van der Waals surface area contributed by atoms with Crippen LogP contribution in [0.4, 0.5) is 9.59 Å². The van der Waals surface area contributed by atoms with Crippen LogP contribution in [0.15, 0.2) is 42.5 Å². The summed E-state index contributed by atoms with van der Waals surface area (Å²) in [5.74, 6) is 0. The average Bonchev–Trinajstić information content (AvgIpc) is 2.43. The first-order chi connectivity index (χ1) is 9.97. The molecule has 114 valence electrons. The molecule has 6 heteroatoms. The predicted molar refractivity (Wildman–Crippen MR) is 78.5 cm³/mol. The molecule has 0 aromatic heterocycles. The average molecular weight is 292 g/mol. The molecule has 0 radical (unpaired) electrons. The normalized spacial score (nSPS) is 13.4. The van der Waals surface area contributed by atoms with E-state index in [2.05, 4.69) is 5.32 Å². The van der Waals surface area contributed by atoms with Gasteiger partial charge in [-0.2, -0.15) is 0 Å². The van der Waals surface area contributed by atoms with Crippen LogP contribution >= 0.6 is 0 Å². The van der Waals surface area contributed by atoms with E-state index in [1.165, 1.54) is 0 Å². The summed E-state index contributed by atoms with van der Waals surface area (Å²) in [5.41, 5.74) is 5.81. The Morgan fingerprint density at radius 3 is 2.52 bits per heavy atom. The quantitative estimate of drug-likeness (QED) is 0.787. The van der Waals surface area contributed by atoms with Gasteiger partial charge in [0, 0.05) is 6.04 Å². The van der Waals surface area contributed by atoms with E-state index in [4.69, 9.17) is 15.2 Å². The second kappa shape index (κ2) is 8.63. The molecule has 21 heavy (non-hydrogen) atoms. The van der Waals surface area contributed by atoms with E-state index in [0.717, 1.165) is 5.56 Å². The Balaban J connectivity index is 2.30. The second-order valence-corrected chi connectivity index (χ2v) is 4.52. The zero-order chi connectivity index (χ0) is 15.7. The Kier molecular flexibility index (Phi) is 6.80. The van der Waals surface area contributed by atoms with Crippen molar-refractivity contribution >= 4 is 12.2 Å². The number of rotatable bonds is 6. The molecule has 0 aliphatic heterocycles. The summed E-state index contributed by atoms with van der Waals surface area (Å²) >= 11 is 0. The van der Waals surface area contributed by atoms with Crippen LogP contribution in [0, 0.1) is 0 Å². The van der Waals surface area contributed by atoms with Crippen molar-refractivity contribution < 1.29 is 19.1 Å². The highest BCUT2D eigenvalue weighted by atomic mass is 16.6. The van der Waals surface area contributed by atoms with Gasteiger partial charge < -0.3 is 20.5 Å². The van der Waals surface area contributed by atoms with Crippen molar-refractivity contribution in [1.82, 2.24) is 5.32 Å². The smallest absolute Gasteiger partial charge is 0.407 e. The summed E-state index contributed by atoms with van der Waals surface area (Å²) < 4.78 is 9.80. The van der Waals surface area contributed by atoms with Crippen molar-refractivity contribution in [2.75, 3.05) is 0 Å². The van der Waals surface area contributed by atoms with Crippen LogP contribution in [0.3, 0.4) is 0 Å². The number of hydrogen-bond acceptors (Lipinski definition) is 4. The molecule has 0 saturated heterocycles. The molecule has 1 aromatic carbocycles. The van der Waals surface area contributed by atoms with Gasteiger partial charge in [0.2, 0.25) is 0 Å². The summed E-state index contributed by atoms with van der Waals surface area (Å²) in [6.07, 6.45) is 1.52. The molecule has 3 N–H and O–H groups in total. The molecule has 0 bridgehead atoms. The lowest BCUT2D eigenvalue weighted by atomic mass is 10.2. The summed E-state index contributed by atoms with van der Waals surface area (Å²) in [5, 5.41) is 2.64. The monoisotopic (exact) mass is 292 g/mol. The lowest BCUT2D eigenvalue weighted by molar-refractivity contribution is 0.135. The molecule has 0 aliphatic rings. The zero-order valence-electron chi connectivity index (χ0n) is 12.1. The number of amides is 2. The highest BCUT2D eigenvalue weighted by Crippen LogP contribution is 2.01. The van der Waals surface area contributed by atoms with Gasteiger partial charge in [-0.05, 0) is 25.5 Å². The number of primary amides is 1. The van der Waals surface area contributed by atoms with Crippen LogP contribution < -0.4 is 11.1 Å². The lowest BCUT2D eigenvalue weighted by Gasteiger charge is -2.12. The van der Waals surface area contributed by atoms with Crippen LogP contribution in [0.1, 0.15) is 19.4 Å². The minimum absolute atomic E-state index is 0.213. The zero-order valence-corrected chi connectivity index (χ0v) is 12.1. The number of nitrogens with one attached hydrogen (secondary N) is 1. The molecule has 1 rings (SSSR count). The number of benzene rings is 1. The summed E-state index contributed by atoms with van der Waals surface area (Å²) in [6.45, 7) is 3.66. The third-order valence-electron chi connectivity index (χ3n) is 2.53. The molecule has 2 amide bonds. The molecule has 0 fully saturated rings. The SMILES string of the molecule is C[C@H](C=C[C@H](C)OC(N)=O)NC(=O)OCc1ccccc1. The minimum atomic E-state index is -0.838. The third kappa shape index (κ3) is 7.61. The van der Waals surface area contributed by atoms with Gasteiger partial charge in [0.25, 0.3) is 0 Å². The van der Waals surface area contributed by atoms with Crippen molar-refractivity contribution in [2.24, 2.45) is 5.73 Å². The molecule has 0 heterocycles. The summed E-state index contributed by atoms with van der Waals surface area (Å²) in [4.78, 5) is 22.1. The van der Waals surface area contributed by atoms with E-state index in [1.807, 2.05) is 30.3 Å². The third-order valence-corrected chi connectivity index (χ3v) is 2.53. The number of ether oxygens (including phenoxy) is 2. The first kappa shape index (κ1) is 16.6. The van der Waals surface area contributed by atoms with Crippen molar-refractivity contribution in [1.29, 1.82) is 0 Å². The summed E-state index contributed by atoms with van der Waals surface area (Å²) in [7, 11) is 0. The standard InChI is InChI=1S/C15H20N2O4/c1-11(8-9-12(2)21-14(16)18)17-15(19)20-10-13-6-4-3-5-7-13/h3-9,11-12H,10H2,1-2H3,(H2,16,18)(H,17,19)/t11-,12+/m1/s1. The van der Waals surface area contributed by atoms with Gasteiger partial charge in [-0.3, -0.25) is 0 Å². The van der Waals surface area contributed by atoms with Gasteiger partial charge in [-0.15, -0.1) is 0 Å². The highest BCUT2D eigenvalue weighted by molar-refractivity contribution is 5.67. The second-order valence-electron chi connectivity index (χ2n) is 4.52. The minimum Gasteiger partial charge on any atom is -0.445 e. The van der Waals surface area contributed by atoms with E-state index in [9.17, 15) is 9.59 Å². The largest absolute Gasteiger partial charge is 0.445 e. The Labute approximate surface area is 123 Å². The van der Waals surface area contributed by atoms with Crippen molar-refractivity contribution in [3.8, 4) is 0 Å². The van der Waals surface area contributed by atoms with E-state index in [1.54, 1.807) is 26.0 Å². The fourth-order valence-corrected chi connectivity index (χ4v) is 1.54. The topological polar surface area (TPSA) is 90.6 Å². The fourth-order valence-electron chi connectivity index (χ4n) is 1.54. The first-order valence-electron chi connectivity index (χ1n) is 6.59. The first-order valence-corrected chi connectivity index (χ1v) is 6.59. The van der Waals surface area contributed by atoms with Gasteiger partial charge in [0.15, 0.2) is 0 Å². The van der Waals surface area contributed by atoms with Crippen molar-refractivity contribution in [3.05, 3.63) is 48.0 Å². The van der Waals surface area contributed by atoms with Crippen LogP contribution in [0.2, 0.25) is 0 Å². The van der Waals surface area contributed by atoms with E-state index < -0.39 is 18.3 Å². The maximum atomic E-state index is 11.6. The number of nitrogens with two attached hydrogens (primary N) is 1. The van der Waals surface area contributed by atoms with E-state index in [0.29, 0.717) is 0 Å². The maximum Gasteiger partial charge on any atom is 0.407 e. The molecule has 0 aliphatic carbocycles. The molecule has 0 spiro atoms. The Bertz CT molecular complexity index is 488. The molecular weight excluding hydrogens is 272 g/mol. The van der Waals surface area contributed by atoms with Gasteiger partial charge in [0.05, 0.1) is 0 Å². The number of hydrogen-bond donors (Lipinski definition) is 2. The van der Waals surface area contributed by atoms with Crippen molar-refractivity contribution in [2.45, 2.75) is 32.6 Å². The molecule has 0 saturated carbocycles. The van der Waals surface area contributed by atoms with Gasteiger partial charge in [0.1, 0.15) is 12.7 Å². The number of carbonyl (C=O) groups excluding carboxylic acids is 2. The molecule has 1 aromatic rings. The molecule has 6 nitrogen and oxygen atoms in total. The maximum absolute atomic E-state index is 11.6. The van der Waals surface area contributed by atoms with Gasteiger partial charge in [-0.1, -0.05) is 36.4 Å². The predicted octanol–water partition coefficient (Wildman–Crippen LogP) is 2.34. The van der Waals surface area contributed by atoms with Crippen LogP contribution in [0.5, 0.6) is 0 Å².